The van der Waals surface area contributed by atoms with Crippen LogP contribution in [-0.2, 0) is 9.53 Å². The van der Waals surface area contributed by atoms with Crippen molar-refractivity contribution in [3.63, 3.8) is 0 Å². The first-order chi connectivity index (χ1) is 14.0. The normalized spacial score (nSPS) is 18.5. The van der Waals surface area contributed by atoms with Crippen molar-refractivity contribution in [2.75, 3.05) is 57.8 Å². The number of hydrogen-bond acceptors (Lipinski definition) is 3. The molecule has 160 valence electrons. The Kier molecular flexibility index (Phi) is 7.86. The maximum atomic E-state index is 11.7. The van der Waals surface area contributed by atoms with Gasteiger partial charge in [-0.25, -0.2) is 0 Å². The topological polar surface area (TPSA) is 49.3 Å². The minimum absolute atomic E-state index is 0.170. The molecule has 3 rings (SSSR count). The molecule has 2 aliphatic heterocycles. The van der Waals surface area contributed by atoms with Gasteiger partial charge in [-0.05, 0) is 50.0 Å². The zero-order valence-corrected chi connectivity index (χ0v) is 18.8. The van der Waals surface area contributed by atoms with Gasteiger partial charge in [0.15, 0.2) is 5.11 Å². The van der Waals surface area contributed by atoms with Crippen LogP contribution in [0.1, 0.15) is 30.9 Å². The highest BCUT2D eigenvalue weighted by Gasteiger charge is 2.28. The number of para-hydroxylation sites is 1. The fourth-order valence-electron chi connectivity index (χ4n) is 4.32. The zero-order chi connectivity index (χ0) is 20.8. The van der Waals surface area contributed by atoms with Crippen molar-refractivity contribution >= 4 is 28.9 Å². The van der Waals surface area contributed by atoms with Crippen molar-refractivity contribution in [2.24, 2.45) is 0 Å². The molecule has 0 bridgehead atoms. The van der Waals surface area contributed by atoms with Gasteiger partial charge in [0.1, 0.15) is 13.1 Å². The molecule has 1 aromatic carbocycles. The average molecular weight is 420 g/mol. The molecular weight excluding hydrogens is 384 g/mol. The quantitative estimate of drug-likeness (QED) is 0.703. The van der Waals surface area contributed by atoms with Crippen molar-refractivity contribution in [2.45, 2.75) is 39.7 Å². The molecule has 2 N–H and O–H groups in total. The van der Waals surface area contributed by atoms with Gasteiger partial charge in [0, 0.05) is 31.7 Å². The number of rotatable bonds is 5. The number of hydrogen-bond donors (Lipinski definition) is 2. The summed E-state index contributed by atoms with van der Waals surface area (Å²) in [5, 5.41) is 4.34. The molecule has 1 aromatic rings. The van der Waals surface area contributed by atoms with Crippen LogP contribution >= 0.6 is 12.2 Å². The monoisotopic (exact) mass is 419 g/mol. The van der Waals surface area contributed by atoms with Gasteiger partial charge in [0.2, 0.25) is 5.91 Å². The van der Waals surface area contributed by atoms with Crippen LogP contribution in [0.15, 0.2) is 18.2 Å². The first-order valence-corrected chi connectivity index (χ1v) is 11.2. The number of nitrogens with zero attached hydrogens (tertiary/aromatic N) is 2. The molecule has 2 fully saturated rings. The summed E-state index contributed by atoms with van der Waals surface area (Å²) < 4.78 is 5.50. The van der Waals surface area contributed by atoms with Crippen molar-refractivity contribution in [3.05, 3.63) is 29.3 Å². The van der Waals surface area contributed by atoms with E-state index < -0.39 is 0 Å². The van der Waals surface area contributed by atoms with Crippen molar-refractivity contribution in [1.29, 1.82) is 0 Å². The standard InChI is InChI=1S/C22H34N4O2S/c1-17-5-4-6-18(2)21(17)23-22(29)26(12-11-24-13-15-28-16-14-24)20-7-9-25(10-8-20)19(3)27/h4-6,20H,7-16H2,1-3H3,(H,23,29)/p+1. The van der Waals surface area contributed by atoms with E-state index in [9.17, 15) is 4.79 Å². The number of morpholine rings is 1. The Morgan fingerprint density at radius 2 is 1.86 bits per heavy atom. The Morgan fingerprint density at radius 3 is 2.45 bits per heavy atom. The number of nitrogens with one attached hydrogen (secondary N) is 2. The highest BCUT2D eigenvalue weighted by atomic mass is 32.1. The van der Waals surface area contributed by atoms with Gasteiger partial charge < -0.3 is 24.8 Å². The SMILES string of the molecule is CC(=O)N1CCC(N(CC[NH+]2CCOCC2)C(=S)Nc2c(C)cccc2C)CC1. The lowest BCUT2D eigenvalue weighted by atomic mass is 10.0. The summed E-state index contributed by atoms with van der Waals surface area (Å²) in [7, 11) is 0. The summed E-state index contributed by atoms with van der Waals surface area (Å²) in [5.74, 6) is 0.170. The van der Waals surface area contributed by atoms with E-state index in [0.717, 1.165) is 76.1 Å². The van der Waals surface area contributed by atoms with Crippen LogP contribution in [-0.4, -0.2) is 79.3 Å². The number of likely N-dealkylation sites (tertiary alicyclic amines) is 1. The largest absolute Gasteiger partial charge is 0.370 e. The minimum atomic E-state index is 0.170. The highest BCUT2D eigenvalue weighted by molar-refractivity contribution is 7.80. The molecule has 0 unspecified atom stereocenters. The van der Waals surface area contributed by atoms with E-state index in [2.05, 4.69) is 42.3 Å². The Labute approximate surface area is 180 Å². The van der Waals surface area contributed by atoms with E-state index in [1.165, 1.54) is 11.1 Å². The first-order valence-electron chi connectivity index (χ1n) is 10.8. The van der Waals surface area contributed by atoms with E-state index in [1.54, 1.807) is 11.8 Å². The summed E-state index contributed by atoms with van der Waals surface area (Å²) in [6.45, 7) is 13.3. The lowest BCUT2D eigenvalue weighted by molar-refractivity contribution is -0.907. The van der Waals surface area contributed by atoms with Crippen molar-refractivity contribution < 1.29 is 14.4 Å². The Hall–Kier alpha value is -1.70. The van der Waals surface area contributed by atoms with Crippen LogP contribution in [0, 0.1) is 13.8 Å². The third-order valence-corrected chi connectivity index (χ3v) is 6.57. The van der Waals surface area contributed by atoms with Crippen molar-refractivity contribution in [3.8, 4) is 0 Å². The van der Waals surface area contributed by atoms with E-state index >= 15 is 0 Å². The molecule has 0 aliphatic carbocycles. The Morgan fingerprint density at radius 1 is 1.24 bits per heavy atom. The molecule has 2 aliphatic rings. The number of benzene rings is 1. The number of piperidine rings is 1. The van der Waals surface area contributed by atoms with E-state index in [-0.39, 0.29) is 5.91 Å². The van der Waals surface area contributed by atoms with Gasteiger partial charge in [-0.15, -0.1) is 0 Å². The Bertz CT molecular complexity index is 693. The Balaban J connectivity index is 1.69. The third kappa shape index (κ3) is 5.90. The summed E-state index contributed by atoms with van der Waals surface area (Å²) >= 11 is 5.91. The van der Waals surface area contributed by atoms with E-state index in [4.69, 9.17) is 17.0 Å². The van der Waals surface area contributed by atoms with Crippen LogP contribution in [0.5, 0.6) is 0 Å². The number of anilines is 1. The number of ether oxygens (including phenoxy) is 1. The predicted molar refractivity (Wildman–Crippen MR) is 121 cm³/mol. The predicted octanol–water partition coefficient (Wildman–Crippen LogP) is 1.23. The molecular formula is C22H35N4O2S+. The summed E-state index contributed by atoms with van der Waals surface area (Å²) in [4.78, 5) is 17.6. The lowest BCUT2D eigenvalue weighted by Crippen LogP contribution is -3.14. The molecule has 29 heavy (non-hydrogen) atoms. The number of quaternary nitrogens is 1. The minimum Gasteiger partial charge on any atom is -0.370 e. The van der Waals surface area contributed by atoms with Crippen molar-refractivity contribution in [1.82, 2.24) is 9.80 Å². The summed E-state index contributed by atoms with van der Waals surface area (Å²) in [6, 6.07) is 6.68. The molecule has 1 amide bonds. The summed E-state index contributed by atoms with van der Waals surface area (Å²) in [6.07, 6.45) is 1.93. The molecule has 0 spiro atoms. The van der Waals surface area contributed by atoms with Gasteiger partial charge >= 0.3 is 0 Å². The van der Waals surface area contributed by atoms with Crippen LogP contribution in [0.2, 0.25) is 0 Å². The highest BCUT2D eigenvalue weighted by Crippen LogP contribution is 2.22. The summed E-state index contributed by atoms with van der Waals surface area (Å²) in [5.41, 5.74) is 3.53. The average Bonchev–Trinajstić information content (AvgIpc) is 2.72. The van der Waals surface area contributed by atoms with Gasteiger partial charge in [0.25, 0.3) is 0 Å². The fourth-order valence-corrected chi connectivity index (χ4v) is 4.66. The van der Waals surface area contributed by atoms with Gasteiger partial charge in [-0.2, -0.15) is 0 Å². The maximum Gasteiger partial charge on any atom is 0.219 e. The number of thiocarbonyl (C=S) groups is 1. The second-order valence-electron chi connectivity index (χ2n) is 8.24. The second kappa shape index (κ2) is 10.4. The van der Waals surface area contributed by atoms with E-state index in [0.29, 0.717) is 6.04 Å². The lowest BCUT2D eigenvalue weighted by Gasteiger charge is -2.40. The zero-order valence-electron chi connectivity index (χ0n) is 18.0. The molecule has 0 atom stereocenters. The van der Waals surface area contributed by atoms with E-state index in [1.807, 2.05) is 4.90 Å². The fraction of sp³-hybridized carbons (Fsp3) is 0.636. The molecule has 0 aromatic heterocycles. The van der Waals surface area contributed by atoms with Crippen LogP contribution in [0.4, 0.5) is 5.69 Å². The molecule has 2 heterocycles. The van der Waals surface area contributed by atoms with Crippen LogP contribution in [0.3, 0.4) is 0 Å². The number of carbonyl (C=O) groups is 1. The number of amides is 1. The molecule has 2 saturated heterocycles. The number of aryl methyl sites for hydroxylation is 2. The molecule has 6 nitrogen and oxygen atoms in total. The molecule has 0 radical (unpaired) electrons. The van der Waals surface area contributed by atoms with Crippen LogP contribution < -0.4 is 10.2 Å². The van der Waals surface area contributed by atoms with Gasteiger partial charge in [-0.1, -0.05) is 18.2 Å². The smallest absolute Gasteiger partial charge is 0.219 e. The van der Waals surface area contributed by atoms with Crippen LogP contribution in [0.25, 0.3) is 0 Å². The first kappa shape index (κ1) is 22.0. The number of carbonyl (C=O) groups excluding carboxylic acids is 1. The van der Waals surface area contributed by atoms with Gasteiger partial charge in [-0.3, -0.25) is 4.79 Å². The third-order valence-electron chi connectivity index (χ3n) is 6.23. The maximum absolute atomic E-state index is 11.7. The molecule has 0 saturated carbocycles. The van der Waals surface area contributed by atoms with Gasteiger partial charge in [0.05, 0.1) is 26.3 Å². The second-order valence-corrected chi connectivity index (χ2v) is 8.63. The molecule has 7 heteroatoms.